The highest BCUT2D eigenvalue weighted by atomic mass is 32.1. The van der Waals surface area contributed by atoms with Gasteiger partial charge >= 0.3 is 0 Å². The average Bonchev–Trinajstić information content (AvgIpc) is 3.23. The zero-order valence-electron chi connectivity index (χ0n) is 17.7. The van der Waals surface area contributed by atoms with Crippen LogP contribution in [-0.2, 0) is 0 Å². The van der Waals surface area contributed by atoms with E-state index in [0.29, 0.717) is 10.7 Å². The van der Waals surface area contributed by atoms with Crippen molar-refractivity contribution in [1.82, 2.24) is 29.9 Å². The molecule has 1 N–H and O–H groups in total. The molecule has 0 atom stereocenters. The standard InChI is InChI=1S/C21H26N6O2S/c1-12-11-13(2)26(24-12)18-9-10-19(28)27(25-18)17-7-5-16(6-8-17)23-21(29)20-14(3)22-15(4)30-20/h9-11,16-17H,5-8H2,1-4H3,(H,23,29). The molecule has 0 radical (unpaired) electrons. The Morgan fingerprint density at radius 1 is 1.10 bits per heavy atom. The summed E-state index contributed by atoms with van der Waals surface area (Å²) in [5, 5.41) is 13.1. The van der Waals surface area contributed by atoms with Crippen molar-refractivity contribution < 1.29 is 4.79 Å². The quantitative estimate of drug-likeness (QED) is 0.692. The summed E-state index contributed by atoms with van der Waals surface area (Å²) in [7, 11) is 0. The van der Waals surface area contributed by atoms with Crippen molar-refractivity contribution >= 4 is 17.2 Å². The number of hydrogen-bond acceptors (Lipinski definition) is 6. The van der Waals surface area contributed by atoms with Gasteiger partial charge in [-0.1, -0.05) is 0 Å². The van der Waals surface area contributed by atoms with E-state index in [9.17, 15) is 9.59 Å². The third-order valence-electron chi connectivity index (χ3n) is 5.53. The minimum Gasteiger partial charge on any atom is -0.349 e. The summed E-state index contributed by atoms with van der Waals surface area (Å²) in [6.07, 6.45) is 3.20. The molecule has 0 aliphatic heterocycles. The van der Waals surface area contributed by atoms with Gasteiger partial charge in [0.25, 0.3) is 11.5 Å². The summed E-state index contributed by atoms with van der Waals surface area (Å²) in [4.78, 5) is 30.1. The summed E-state index contributed by atoms with van der Waals surface area (Å²) >= 11 is 1.43. The summed E-state index contributed by atoms with van der Waals surface area (Å²) in [6, 6.07) is 5.38. The third-order valence-corrected chi connectivity index (χ3v) is 6.60. The number of rotatable bonds is 4. The minimum atomic E-state index is -0.108. The Morgan fingerprint density at radius 3 is 2.43 bits per heavy atom. The van der Waals surface area contributed by atoms with Crippen LogP contribution in [0.25, 0.3) is 5.82 Å². The SMILES string of the molecule is Cc1cc(C)n(-c2ccc(=O)n(C3CCC(NC(=O)c4sc(C)nc4C)CC3)n2)n1. The zero-order chi connectivity index (χ0) is 21.4. The summed E-state index contributed by atoms with van der Waals surface area (Å²) in [5.74, 6) is 0.593. The molecule has 1 amide bonds. The number of amides is 1. The average molecular weight is 427 g/mol. The maximum atomic E-state index is 12.6. The van der Waals surface area contributed by atoms with E-state index < -0.39 is 0 Å². The van der Waals surface area contributed by atoms with Gasteiger partial charge in [0.05, 0.1) is 22.4 Å². The Bertz CT molecular complexity index is 1140. The minimum absolute atomic E-state index is 0.0231. The highest BCUT2D eigenvalue weighted by Crippen LogP contribution is 2.28. The van der Waals surface area contributed by atoms with E-state index in [1.54, 1.807) is 21.5 Å². The fourth-order valence-corrected chi connectivity index (χ4v) is 4.93. The molecule has 3 aromatic heterocycles. The maximum absolute atomic E-state index is 12.6. The van der Waals surface area contributed by atoms with Crippen molar-refractivity contribution in [3.8, 4) is 5.82 Å². The van der Waals surface area contributed by atoms with Crippen LogP contribution >= 0.6 is 11.3 Å². The van der Waals surface area contributed by atoms with E-state index in [0.717, 1.165) is 47.8 Å². The molecule has 3 heterocycles. The molecule has 1 saturated carbocycles. The lowest BCUT2D eigenvalue weighted by molar-refractivity contribution is 0.0924. The predicted octanol–water partition coefficient (Wildman–Crippen LogP) is 3.03. The molecule has 1 fully saturated rings. The molecule has 3 aromatic rings. The van der Waals surface area contributed by atoms with Crippen LogP contribution in [0.4, 0.5) is 0 Å². The van der Waals surface area contributed by atoms with E-state index in [2.05, 4.69) is 20.5 Å². The van der Waals surface area contributed by atoms with Gasteiger partial charge in [0.15, 0.2) is 5.82 Å². The molecule has 0 bridgehead atoms. The van der Waals surface area contributed by atoms with E-state index in [-0.39, 0.29) is 23.6 Å². The van der Waals surface area contributed by atoms with Gasteiger partial charge in [-0.15, -0.1) is 16.4 Å². The van der Waals surface area contributed by atoms with Crippen molar-refractivity contribution in [2.45, 2.75) is 65.5 Å². The second-order valence-electron chi connectivity index (χ2n) is 7.94. The first-order valence-electron chi connectivity index (χ1n) is 10.2. The Balaban J connectivity index is 1.44. The molecule has 0 unspecified atom stereocenters. The van der Waals surface area contributed by atoms with Crippen LogP contribution in [-0.4, -0.2) is 36.5 Å². The highest BCUT2D eigenvalue weighted by molar-refractivity contribution is 7.13. The first kappa shape index (κ1) is 20.5. The Hall–Kier alpha value is -2.81. The van der Waals surface area contributed by atoms with Gasteiger partial charge in [-0.05, 0) is 65.5 Å². The van der Waals surface area contributed by atoms with Gasteiger partial charge < -0.3 is 5.32 Å². The second kappa shape index (κ2) is 8.14. The monoisotopic (exact) mass is 426 g/mol. The summed E-state index contributed by atoms with van der Waals surface area (Å²) in [5.41, 5.74) is 2.56. The lowest BCUT2D eigenvalue weighted by atomic mass is 9.91. The number of hydrogen-bond donors (Lipinski definition) is 1. The van der Waals surface area contributed by atoms with E-state index in [1.165, 1.54) is 11.3 Å². The third kappa shape index (κ3) is 4.07. The molecule has 1 aliphatic rings. The van der Waals surface area contributed by atoms with Crippen LogP contribution in [0.2, 0.25) is 0 Å². The molecule has 30 heavy (non-hydrogen) atoms. The van der Waals surface area contributed by atoms with Crippen LogP contribution in [0, 0.1) is 27.7 Å². The van der Waals surface area contributed by atoms with E-state index in [4.69, 9.17) is 0 Å². The molecule has 9 heteroatoms. The molecular formula is C21H26N6O2S. The van der Waals surface area contributed by atoms with E-state index in [1.807, 2.05) is 33.8 Å². The lowest BCUT2D eigenvalue weighted by Gasteiger charge is -2.29. The zero-order valence-corrected chi connectivity index (χ0v) is 18.5. The van der Waals surface area contributed by atoms with Gasteiger partial charge in [0.1, 0.15) is 4.88 Å². The molecule has 158 valence electrons. The van der Waals surface area contributed by atoms with Crippen LogP contribution in [0.5, 0.6) is 0 Å². The summed E-state index contributed by atoms with van der Waals surface area (Å²) < 4.78 is 3.34. The van der Waals surface area contributed by atoms with E-state index >= 15 is 0 Å². The van der Waals surface area contributed by atoms with Crippen molar-refractivity contribution in [2.24, 2.45) is 0 Å². The Kier molecular flexibility index (Phi) is 5.55. The molecule has 0 aromatic carbocycles. The largest absolute Gasteiger partial charge is 0.349 e. The van der Waals surface area contributed by atoms with Crippen LogP contribution < -0.4 is 10.9 Å². The topological polar surface area (TPSA) is 94.7 Å². The molecular weight excluding hydrogens is 400 g/mol. The Labute approximate surface area is 179 Å². The van der Waals surface area contributed by atoms with Crippen LogP contribution in [0.1, 0.15) is 63.5 Å². The molecule has 1 aliphatic carbocycles. The predicted molar refractivity (Wildman–Crippen MR) is 115 cm³/mol. The maximum Gasteiger partial charge on any atom is 0.267 e. The number of thiazole rings is 1. The smallest absolute Gasteiger partial charge is 0.267 e. The van der Waals surface area contributed by atoms with Crippen molar-refractivity contribution in [3.63, 3.8) is 0 Å². The van der Waals surface area contributed by atoms with Crippen molar-refractivity contribution in [3.05, 3.63) is 55.5 Å². The molecule has 8 nitrogen and oxygen atoms in total. The van der Waals surface area contributed by atoms with Crippen molar-refractivity contribution in [1.29, 1.82) is 0 Å². The number of carbonyl (C=O) groups excluding carboxylic acids is 1. The normalized spacial score (nSPS) is 19.1. The summed E-state index contributed by atoms with van der Waals surface area (Å²) in [6.45, 7) is 7.68. The number of carbonyl (C=O) groups is 1. The molecule has 0 saturated heterocycles. The number of aromatic nitrogens is 5. The number of nitrogens with one attached hydrogen (secondary N) is 1. The fourth-order valence-electron chi connectivity index (χ4n) is 4.11. The van der Waals surface area contributed by atoms with Gasteiger partial charge in [-0.3, -0.25) is 9.59 Å². The van der Waals surface area contributed by atoms with Gasteiger partial charge in [-0.25, -0.2) is 14.3 Å². The van der Waals surface area contributed by atoms with Gasteiger partial charge in [0.2, 0.25) is 0 Å². The Morgan fingerprint density at radius 2 is 1.83 bits per heavy atom. The first-order valence-corrected chi connectivity index (χ1v) is 11.0. The molecule has 0 spiro atoms. The van der Waals surface area contributed by atoms with Crippen molar-refractivity contribution in [2.75, 3.05) is 0 Å². The number of aryl methyl sites for hydroxylation is 4. The lowest BCUT2D eigenvalue weighted by Crippen LogP contribution is -2.39. The van der Waals surface area contributed by atoms with Gasteiger partial charge in [-0.2, -0.15) is 5.10 Å². The second-order valence-corrected chi connectivity index (χ2v) is 9.14. The van der Waals surface area contributed by atoms with Crippen LogP contribution in [0.15, 0.2) is 23.0 Å². The highest BCUT2D eigenvalue weighted by Gasteiger charge is 2.26. The number of nitrogens with zero attached hydrogens (tertiary/aromatic N) is 5. The van der Waals surface area contributed by atoms with Gasteiger partial charge in [0, 0.05) is 17.8 Å². The fraction of sp³-hybridized carbons (Fsp3) is 0.476. The first-order chi connectivity index (χ1) is 14.3. The van der Waals surface area contributed by atoms with Crippen LogP contribution in [0.3, 0.4) is 0 Å². The molecule has 4 rings (SSSR count).